The predicted molar refractivity (Wildman–Crippen MR) is 115 cm³/mol. The van der Waals surface area contributed by atoms with E-state index in [1.165, 1.54) is 12.1 Å². The van der Waals surface area contributed by atoms with Crippen molar-refractivity contribution in [1.82, 2.24) is 0 Å². The smallest absolute Gasteiger partial charge is 0.186 e. The van der Waals surface area contributed by atoms with Crippen LogP contribution in [-0.4, -0.2) is 32.1 Å². The summed E-state index contributed by atoms with van der Waals surface area (Å²) in [6.07, 6.45) is 2.99. The van der Waals surface area contributed by atoms with E-state index in [1.807, 2.05) is 35.2 Å². The van der Waals surface area contributed by atoms with Crippen LogP contribution in [0.5, 0.6) is 0 Å². The minimum absolute atomic E-state index is 0.279. The van der Waals surface area contributed by atoms with Gasteiger partial charge in [0.25, 0.3) is 0 Å². The maximum Gasteiger partial charge on any atom is 0.186 e. The number of furan rings is 1. The van der Waals surface area contributed by atoms with Crippen molar-refractivity contribution in [3.63, 3.8) is 0 Å². The number of ketones is 1. The lowest BCUT2D eigenvalue weighted by Crippen LogP contribution is -2.36. The molecule has 1 aliphatic heterocycles. The molecule has 0 aliphatic carbocycles. The van der Waals surface area contributed by atoms with E-state index in [2.05, 4.69) is 15.9 Å². The standard InChI is InChI=1S/C23H19BrFNO3/c24-18-4-1-16(2-5-18)23-10-7-19(29-23)6-9-22(27)17-3-8-21(20(25)15-17)26-11-13-28-14-12-26/h1-10,15H,11-14H2. The van der Waals surface area contributed by atoms with Gasteiger partial charge >= 0.3 is 0 Å². The van der Waals surface area contributed by atoms with E-state index in [0.717, 1.165) is 10.0 Å². The average molecular weight is 456 g/mol. The lowest BCUT2D eigenvalue weighted by molar-refractivity contribution is 0.104. The second kappa shape index (κ2) is 8.76. The van der Waals surface area contributed by atoms with Crippen LogP contribution in [0, 0.1) is 5.82 Å². The third-order valence-electron chi connectivity index (χ3n) is 4.74. The van der Waals surface area contributed by atoms with Gasteiger partial charge in [-0.15, -0.1) is 0 Å². The summed E-state index contributed by atoms with van der Waals surface area (Å²) in [5, 5.41) is 0. The molecule has 3 aromatic rings. The molecule has 29 heavy (non-hydrogen) atoms. The fourth-order valence-electron chi connectivity index (χ4n) is 3.19. The van der Waals surface area contributed by atoms with Gasteiger partial charge in [0.15, 0.2) is 5.78 Å². The first-order valence-corrected chi connectivity index (χ1v) is 10.1. The Bertz CT molecular complexity index is 1040. The fourth-order valence-corrected chi connectivity index (χ4v) is 3.45. The first-order chi connectivity index (χ1) is 14.1. The molecule has 0 atom stereocenters. The number of carbonyl (C=O) groups is 1. The highest BCUT2D eigenvalue weighted by Gasteiger charge is 2.16. The molecule has 0 amide bonds. The summed E-state index contributed by atoms with van der Waals surface area (Å²) in [4.78, 5) is 14.4. The third kappa shape index (κ3) is 4.66. The van der Waals surface area contributed by atoms with Crippen molar-refractivity contribution in [2.75, 3.05) is 31.2 Å². The molecule has 6 heteroatoms. The fraction of sp³-hybridized carbons (Fsp3) is 0.174. The monoisotopic (exact) mass is 455 g/mol. The maximum absolute atomic E-state index is 14.5. The highest BCUT2D eigenvalue weighted by Crippen LogP contribution is 2.25. The lowest BCUT2D eigenvalue weighted by Gasteiger charge is -2.29. The Labute approximate surface area is 176 Å². The molecule has 0 bridgehead atoms. The molecule has 1 aromatic heterocycles. The van der Waals surface area contributed by atoms with Gasteiger partial charge in [0.05, 0.1) is 18.9 Å². The summed E-state index contributed by atoms with van der Waals surface area (Å²) in [5.41, 5.74) is 1.74. The molecule has 4 rings (SSSR count). The predicted octanol–water partition coefficient (Wildman–Crippen LogP) is 5.58. The molecule has 0 saturated carbocycles. The molecule has 0 spiro atoms. The van der Waals surface area contributed by atoms with Crippen LogP contribution in [0.1, 0.15) is 16.1 Å². The lowest BCUT2D eigenvalue weighted by atomic mass is 10.1. The SMILES string of the molecule is O=C(C=Cc1ccc(-c2ccc(Br)cc2)o1)c1ccc(N2CCOCC2)c(F)c1. The zero-order valence-electron chi connectivity index (χ0n) is 15.6. The molecule has 1 aliphatic rings. The van der Waals surface area contributed by atoms with Crippen LogP contribution in [0.3, 0.4) is 0 Å². The Morgan fingerprint density at radius 3 is 2.52 bits per heavy atom. The summed E-state index contributed by atoms with van der Waals surface area (Å²) in [6.45, 7) is 2.44. The van der Waals surface area contributed by atoms with Gasteiger partial charge in [0.1, 0.15) is 17.3 Å². The summed E-state index contributed by atoms with van der Waals surface area (Å²) in [5.74, 6) is 0.591. The van der Waals surface area contributed by atoms with Gasteiger partial charge in [-0.3, -0.25) is 4.79 Å². The average Bonchev–Trinajstić information content (AvgIpc) is 3.22. The van der Waals surface area contributed by atoms with Crippen LogP contribution in [-0.2, 0) is 4.74 Å². The number of ether oxygens (including phenoxy) is 1. The van der Waals surface area contributed by atoms with E-state index in [-0.39, 0.29) is 5.78 Å². The van der Waals surface area contributed by atoms with E-state index in [4.69, 9.17) is 9.15 Å². The summed E-state index contributed by atoms with van der Waals surface area (Å²) in [6, 6.07) is 16.0. The van der Waals surface area contributed by atoms with Gasteiger partial charge < -0.3 is 14.1 Å². The second-order valence-corrected chi connectivity index (χ2v) is 7.59. The Morgan fingerprint density at radius 2 is 1.79 bits per heavy atom. The van der Waals surface area contributed by atoms with Gasteiger partial charge in [-0.2, -0.15) is 0 Å². The number of anilines is 1. The number of hydrogen-bond donors (Lipinski definition) is 0. The van der Waals surface area contributed by atoms with Crippen LogP contribution in [0.2, 0.25) is 0 Å². The number of carbonyl (C=O) groups excluding carboxylic acids is 1. The van der Waals surface area contributed by atoms with Crippen LogP contribution >= 0.6 is 15.9 Å². The highest BCUT2D eigenvalue weighted by molar-refractivity contribution is 9.10. The number of hydrogen-bond acceptors (Lipinski definition) is 4. The molecule has 4 nitrogen and oxygen atoms in total. The van der Waals surface area contributed by atoms with E-state index in [1.54, 1.807) is 24.3 Å². The minimum Gasteiger partial charge on any atom is -0.457 e. The maximum atomic E-state index is 14.5. The molecular weight excluding hydrogens is 437 g/mol. The highest BCUT2D eigenvalue weighted by atomic mass is 79.9. The van der Waals surface area contributed by atoms with Crippen LogP contribution < -0.4 is 4.90 Å². The molecule has 0 radical (unpaired) electrons. The Morgan fingerprint density at radius 1 is 1.03 bits per heavy atom. The molecule has 2 aromatic carbocycles. The first-order valence-electron chi connectivity index (χ1n) is 9.30. The zero-order chi connectivity index (χ0) is 20.2. The molecule has 0 N–H and O–H groups in total. The van der Waals surface area contributed by atoms with E-state index < -0.39 is 5.82 Å². The molecule has 1 saturated heterocycles. The molecule has 148 valence electrons. The topological polar surface area (TPSA) is 42.7 Å². The van der Waals surface area contributed by atoms with Crippen molar-refractivity contribution in [2.24, 2.45) is 0 Å². The van der Waals surface area contributed by atoms with Crippen molar-refractivity contribution in [3.05, 3.63) is 82.3 Å². The number of rotatable bonds is 5. The second-order valence-electron chi connectivity index (χ2n) is 6.67. The number of morpholine rings is 1. The largest absolute Gasteiger partial charge is 0.457 e. The normalized spacial score (nSPS) is 14.5. The summed E-state index contributed by atoms with van der Waals surface area (Å²) >= 11 is 3.40. The third-order valence-corrected chi connectivity index (χ3v) is 5.27. The number of benzene rings is 2. The minimum atomic E-state index is -0.401. The van der Waals surface area contributed by atoms with Crippen molar-refractivity contribution in [1.29, 1.82) is 0 Å². The van der Waals surface area contributed by atoms with Gasteiger partial charge in [-0.05, 0) is 54.6 Å². The summed E-state index contributed by atoms with van der Waals surface area (Å²) in [7, 11) is 0. The molecule has 2 heterocycles. The van der Waals surface area contributed by atoms with Crippen molar-refractivity contribution in [3.8, 4) is 11.3 Å². The van der Waals surface area contributed by atoms with Crippen LogP contribution in [0.4, 0.5) is 10.1 Å². The van der Waals surface area contributed by atoms with Crippen molar-refractivity contribution in [2.45, 2.75) is 0 Å². The molecule has 1 fully saturated rings. The van der Waals surface area contributed by atoms with Gasteiger partial charge in [0, 0.05) is 28.7 Å². The van der Waals surface area contributed by atoms with Crippen LogP contribution in [0.15, 0.2) is 69.6 Å². The number of allylic oxidation sites excluding steroid dienone is 1. The Balaban J connectivity index is 1.45. The van der Waals surface area contributed by atoms with Crippen molar-refractivity contribution < 1.29 is 18.3 Å². The number of halogens is 2. The van der Waals surface area contributed by atoms with E-state index in [9.17, 15) is 9.18 Å². The number of nitrogens with zero attached hydrogens (tertiary/aromatic N) is 1. The quantitative estimate of drug-likeness (QED) is 0.371. The van der Waals surface area contributed by atoms with E-state index in [0.29, 0.717) is 49.1 Å². The van der Waals surface area contributed by atoms with Gasteiger partial charge in [-0.25, -0.2) is 4.39 Å². The zero-order valence-corrected chi connectivity index (χ0v) is 17.2. The molecule has 0 unspecified atom stereocenters. The summed E-state index contributed by atoms with van der Waals surface area (Å²) < 4.78 is 26.6. The van der Waals surface area contributed by atoms with Crippen molar-refractivity contribution >= 4 is 33.5 Å². The molecular formula is C23H19BrFNO3. The van der Waals surface area contributed by atoms with Gasteiger partial charge in [0.2, 0.25) is 0 Å². The van der Waals surface area contributed by atoms with Crippen LogP contribution in [0.25, 0.3) is 17.4 Å². The van der Waals surface area contributed by atoms with E-state index >= 15 is 0 Å². The Kier molecular flexibility index (Phi) is 5.92. The van der Waals surface area contributed by atoms with Gasteiger partial charge in [-0.1, -0.05) is 28.1 Å². The Hall–Kier alpha value is -2.70. The first kappa shape index (κ1) is 19.6.